The lowest BCUT2D eigenvalue weighted by Gasteiger charge is -2.07. The van der Waals surface area contributed by atoms with Crippen LogP contribution >= 0.6 is 0 Å². The summed E-state index contributed by atoms with van der Waals surface area (Å²) in [4.78, 5) is 19.4. The van der Waals surface area contributed by atoms with E-state index in [4.69, 9.17) is 9.84 Å². The molecule has 0 amide bonds. The molecule has 5 heteroatoms. The van der Waals surface area contributed by atoms with Crippen molar-refractivity contribution in [2.45, 2.75) is 6.92 Å². The van der Waals surface area contributed by atoms with Crippen LogP contribution in [0.25, 0.3) is 10.9 Å². The van der Waals surface area contributed by atoms with Crippen molar-refractivity contribution in [3.63, 3.8) is 0 Å². The minimum Gasteiger partial charge on any atom is -0.478 e. The van der Waals surface area contributed by atoms with E-state index in [1.165, 1.54) is 12.1 Å². The van der Waals surface area contributed by atoms with Gasteiger partial charge in [0.15, 0.2) is 0 Å². The maximum absolute atomic E-state index is 10.9. The molecule has 0 saturated heterocycles. The average molecular weight is 280 g/mol. The van der Waals surface area contributed by atoms with E-state index >= 15 is 0 Å². The number of hydrogen-bond acceptors (Lipinski definition) is 4. The Hall–Kier alpha value is -2.95. The van der Waals surface area contributed by atoms with Gasteiger partial charge in [-0.15, -0.1) is 0 Å². The first-order valence-electron chi connectivity index (χ1n) is 6.37. The number of carboxylic acid groups (broad SMARTS) is 1. The Morgan fingerprint density at radius 1 is 1.19 bits per heavy atom. The maximum atomic E-state index is 10.9. The number of pyridine rings is 2. The van der Waals surface area contributed by atoms with Crippen molar-refractivity contribution in [1.82, 2.24) is 9.97 Å². The molecule has 0 bridgehead atoms. The minimum absolute atomic E-state index is 0.166. The molecule has 0 saturated carbocycles. The molecule has 2 heterocycles. The second-order valence-electron chi connectivity index (χ2n) is 4.55. The lowest BCUT2D eigenvalue weighted by Crippen LogP contribution is -2.02. The first-order valence-corrected chi connectivity index (χ1v) is 6.37. The molecule has 0 radical (unpaired) electrons. The predicted octanol–water partition coefficient (Wildman–Crippen LogP) is 3.43. The molecule has 0 fully saturated rings. The smallest absolute Gasteiger partial charge is 0.337 e. The first-order chi connectivity index (χ1) is 10.1. The quantitative estimate of drug-likeness (QED) is 0.795. The Labute approximate surface area is 120 Å². The van der Waals surface area contributed by atoms with Crippen molar-refractivity contribution in [1.29, 1.82) is 0 Å². The van der Waals surface area contributed by atoms with Crippen molar-refractivity contribution in [3.05, 3.63) is 59.9 Å². The summed E-state index contributed by atoms with van der Waals surface area (Å²) in [6.07, 6.45) is 1.62. The number of fused-ring (bicyclic) bond motifs is 1. The predicted molar refractivity (Wildman–Crippen MR) is 77.8 cm³/mol. The van der Waals surface area contributed by atoms with Gasteiger partial charge in [-0.2, -0.15) is 0 Å². The van der Waals surface area contributed by atoms with Crippen LogP contribution in [0, 0.1) is 6.92 Å². The number of para-hydroxylation sites is 1. The van der Waals surface area contributed by atoms with Gasteiger partial charge in [-0.1, -0.05) is 18.2 Å². The number of carbonyl (C=O) groups is 1. The highest BCUT2D eigenvalue weighted by molar-refractivity contribution is 5.88. The number of rotatable bonds is 3. The molecule has 0 spiro atoms. The highest BCUT2D eigenvalue weighted by Crippen LogP contribution is 2.23. The van der Waals surface area contributed by atoms with Crippen LogP contribution in [-0.4, -0.2) is 21.0 Å². The monoisotopic (exact) mass is 280 g/mol. The molecule has 0 aliphatic carbocycles. The van der Waals surface area contributed by atoms with Gasteiger partial charge in [-0.05, 0) is 25.1 Å². The lowest BCUT2D eigenvalue weighted by molar-refractivity contribution is 0.0695. The van der Waals surface area contributed by atoms with Gasteiger partial charge in [0, 0.05) is 11.5 Å². The van der Waals surface area contributed by atoms with Crippen molar-refractivity contribution >= 4 is 16.9 Å². The normalized spacial score (nSPS) is 10.5. The summed E-state index contributed by atoms with van der Waals surface area (Å²) in [5, 5.41) is 9.94. The summed E-state index contributed by atoms with van der Waals surface area (Å²) in [5.41, 5.74) is 1.46. The zero-order valence-electron chi connectivity index (χ0n) is 11.3. The Balaban J connectivity index is 1.91. The molecular weight excluding hydrogens is 268 g/mol. The van der Waals surface area contributed by atoms with Crippen LogP contribution < -0.4 is 4.74 Å². The molecule has 0 atom stereocenters. The van der Waals surface area contributed by atoms with E-state index in [0.717, 1.165) is 10.9 Å². The van der Waals surface area contributed by atoms with Crippen molar-refractivity contribution in [2.24, 2.45) is 0 Å². The first kappa shape index (κ1) is 13.1. The molecule has 104 valence electrons. The van der Waals surface area contributed by atoms with E-state index in [0.29, 0.717) is 17.3 Å². The van der Waals surface area contributed by atoms with Crippen LogP contribution in [0.4, 0.5) is 0 Å². The number of aromatic carboxylic acids is 1. The van der Waals surface area contributed by atoms with Crippen LogP contribution in [0.5, 0.6) is 11.6 Å². The topological polar surface area (TPSA) is 72.3 Å². The number of aryl methyl sites for hydroxylation is 1. The van der Waals surface area contributed by atoms with Gasteiger partial charge in [0.2, 0.25) is 5.88 Å². The van der Waals surface area contributed by atoms with Crippen LogP contribution in [-0.2, 0) is 0 Å². The SMILES string of the molecule is Cc1nc(Oc2cnc3ccccc3c2)ccc1C(=O)O. The highest BCUT2D eigenvalue weighted by atomic mass is 16.5. The molecule has 0 aliphatic rings. The van der Waals surface area contributed by atoms with Gasteiger partial charge < -0.3 is 9.84 Å². The Kier molecular flexibility index (Phi) is 3.23. The number of aromatic nitrogens is 2. The summed E-state index contributed by atoms with van der Waals surface area (Å²) in [6.45, 7) is 1.63. The van der Waals surface area contributed by atoms with Crippen LogP contribution in [0.3, 0.4) is 0 Å². The summed E-state index contributed by atoms with van der Waals surface area (Å²) >= 11 is 0. The third-order valence-corrected chi connectivity index (χ3v) is 3.08. The average Bonchev–Trinajstić information content (AvgIpc) is 2.47. The molecule has 5 nitrogen and oxygen atoms in total. The van der Waals surface area contributed by atoms with E-state index in [1.54, 1.807) is 13.1 Å². The number of carboxylic acids is 1. The van der Waals surface area contributed by atoms with Crippen molar-refractivity contribution in [3.8, 4) is 11.6 Å². The summed E-state index contributed by atoms with van der Waals surface area (Å²) in [5.74, 6) is -0.0998. The fourth-order valence-corrected chi connectivity index (χ4v) is 2.05. The largest absolute Gasteiger partial charge is 0.478 e. The Morgan fingerprint density at radius 3 is 2.76 bits per heavy atom. The van der Waals surface area contributed by atoms with E-state index in [1.807, 2.05) is 30.3 Å². The minimum atomic E-state index is -1.00. The van der Waals surface area contributed by atoms with E-state index in [2.05, 4.69) is 9.97 Å². The number of benzene rings is 1. The summed E-state index contributed by atoms with van der Waals surface area (Å²) < 4.78 is 5.64. The molecular formula is C16H12N2O3. The third-order valence-electron chi connectivity index (χ3n) is 3.08. The number of nitrogens with zero attached hydrogens (tertiary/aromatic N) is 2. The van der Waals surface area contributed by atoms with Gasteiger partial charge in [0.1, 0.15) is 5.75 Å². The van der Waals surface area contributed by atoms with Gasteiger partial charge in [0.25, 0.3) is 0 Å². The van der Waals surface area contributed by atoms with Crippen LogP contribution in [0.15, 0.2) is 48.7 Å². The molecule has 1 N–H and O–H groups in total. The summed E-state index contributed by atoms with van der Waals surface area (Å²) in [7, 11) is 0. The van der Waals surface area contributed by atoms with Gasteiger partial charge in [0.05, 0.1) is 23.0 Å². The molecule has 0 aliphatic heterocycles. The van der Waals surface area contributed by atoms with Gasteiger partial charge >= 0.3 is 5.97 Å². The molecule has 1 aromatic carbocycles. The lowest BCUT2D eigenvalue weighted by atomic mass is 10.2. The summed E-state index contributed by atoms with van der Waals surface area (Å²) in [6, 6.07) is 12.6. The second-order valence-corrected chi connectivity index (χ2v) is 4.55. The second kappa shape index (κ2) is 5.20. The van der Waals surface area contributed by atoms with Crippen LogP contribution in [0.1, 0.15) is 16.1 Å². The van der Waals surface area contributed by atoms with E-state index in [9.17, 15) is 4.79 Å². The molecule has 3 rings (SSSR count). The Morgan fingerprint density at radius 2 is 2.00 bits per heavy atom. The van der Waals surface area contributed by atoms with E-state index < -0.39 is 5.97 Å². The fourth-order valence-electron chi connectivity index (χ4n) is 2.05. The zero-order chi connectivity index (χ0) is 14.8. The van der Waals surface area contributed by atoms with Gasteiger partial charge in [-0.25, -0.2) is 9.78 Å². The highest BCUT2D eigenvalue weighted by Gasteiger charge is 2.09. The third kappa shape index (κ3) is 2.67. The molecule has 2 aromatic heterocycles. The standard InChI is InChI=1S/C16H12N2O3/c1-10-13(16(19)20)6-7-15(18-10)21-12-8-11-4-2-3-5-14(11)17-9-12/h2-9H,1H3,(H,19,20). The van der Waals surface area contributed by atoms with E-state index in [-0.39, 0.29) is 5.56 Å². The molecule has 0 unspecified atom stereocenters. The van der Waals surface area contributed by atoms with Gasteiger partial charge in [-0.3, -0.25) is 4.98 Å². The fraction of sp³-hybridized carbons (Fsp3) is 0.0625. The molecule has 21 heavy (non-hydrogen) atoms. The number of hydrogen-bond donors (Lipinski definition) is 1. The van der Waals surface area contributed by atoms with Crippen molar-refractivity contribution in [2.75, 3.05) is 0 Å². The Bertz CT molecular complexity index is 831. The molecule has 3 aromatic rings. The zero-order valence-corrected chi connectivity index (χ0v) is 11.3. The maximum Gasteiger partial charge on any atom is 0.337 e. The van der Waals surface area contributed by atoms with Crippen LogP contribution in [0.2, 0.25) is 0 Å². The number of ether oxygens (including phenoxy) is 1. The van der Waals surface area contributed by atoms with Crippen molar-refractivity contribution < 1.29 is 14.6 Å².